The van der Waals surface area contributed by atoms with Crippen LogP contribution in [-0.4, -0.2) is 30.1 Å². The number of nitriles is 1. The van der Waals surface area contributed by atoms with Gasteiger partial charge in [0.1, 0.15) is 5.82 Å². The molecule has 0 spiro atoms. The zero-order valence-electron chi connectivity index (χ0n) is 12.5. The van der Waals surface area contributed by atoms with Crippen molar-refractivity contribution in [1.82, 2.24) is 10.2 Å². The second-order valence-corrected chi connectivity index (χ2v) is 6.41. The standard InChI is InChI=1S/C17H22FN3/c1-21-16-3-2-4-17(21)9-15(8-16)20-11-13-5-12(10-19)6-14(18)7-13/h5-7,15-17,20H,2-4,8-9,11H2,1H3. The minimum Gasteiger partial charge on any atom is -0.310 e. The number of hydrogen-bond acceptors (Lipinski definition) is 3. The third kappa shape index (κ3) is 3.25. The fourth-order valence-electron chi connectivity index (χ4n) is 3.86. The number of halogens is 1. The van der Waals surface area contributed by atoms with Crippen molar-refractivity contribution in [2.75, 3.05) is 7.05 Å². The molecule has 0 aliphatic carbocycles. The van der Waals surface area contributed by atoms with E-state index in [4.69, 9.17) is 5.26 Å². The van der Waals surface area contributed by atoms with Crippen LogP contribution in [-0.2, 0) is 6.54 Å². The quantitative estimate of drug-likeness (QED) is 0.929. The summed E-state index contributed by atoms with van der Waals surface area (Å²) < 4.78 is 13.4. The second kappa shape index (κ2) is 6.13. The molecule has 3 nitrogen and oxygen atoms in total. The van der Waals surface area contributed by atoms with Crippen molar-refractivity contribution in [2.24, 2.45) is 0 Å². The molecule has 1 aromatic rings. The minimum atomic E-state index is -0.328. The molecule has 2 atom stereocenters. The fourth-order valence-corrected chi connectivity index (χ4v) is 3.86. The molecule has 2 aliphatic rings. The first-order chi connectivity index (χ1) is 10.2. The van der Waals surface area contributed by atoms with Crippen LogP contribution >= 0.6 is 0 Å². The summed E-state index contributed by atoms with van der Waals surface area (Å²) in [6.07, 6.45) is 6.29. The second-order valence-electron chi connectivity index (χ2n) is 6.41. The van der Waals surface area contributed by atoms with Crippen molar-refractivity contribution in [1.29, 1.82) is 5.26 Å². The highest BCUT2D eigenvalue weighted by molar-refractivity contribution is 5.33. The van der Waals surface area contributed by atoms with E-state index in [-0.39, 0.29) is 5.82 Å². The monoisotopic (exact) mass is 287 g/mol. The van der Waals surface area contributed by atoms with E-state index in [1.54, 1.807) is 6.07 Å². The van der Waals surface area contributed by atoms with E-state index in [0.717, 1.165) is 5.56 Å². The van der Waals surface area contributed by atoms with E-state index in [2.05, 4.69) is 17.3 Å². The average Bonchev–Trinajstić information content (AvgIpc) is 2.45. The Hall–Kier alpha value is -1.44. The highest BCUT2D eigenvalue weighted by Crippen LogP contribution is 2.32. The van der Waals surface area contributed by atoms with Crippen LogP contribution < -0.4 is 5.32 Å². The molecule has 4 heteroatoms. The topological polar surface area (TPSA) is 39.1 Å². The molecular weight excluding hydrogens is 265 g/mol. The molecule has 1 aromatic carbocycles. The van der Waals surface area contributed by atoms with E-state index in [1.165, 1.54) is 44.2 Å². The Morgan fingerprint density at radius 1 is 1.29 bits per heavy atom. The Labute approximate surface area is 125 Å². The van der Waals surface area contributed by atoms with Crippen molar-refractivity contribution < 1.29 is 4.39 Å². The van der Waals surface area contributed by atoms with Gasteiger partial charge in [-0.25, -0.2) is 4.39 Å². The molecule has 0 saturated carbocycles. The Morgan fingerprint density at radius 3 is 2.67 bits per heavy atom. The van der Waals surface area contributed by atoms with Crippen molar-refractivity contribution in [3.8, 4) is 6.07 Å². The van der Waals surface area contributed by atoms with Gasteiger partial charge in [0.25, 0.3) is 0 Å². The third-order valence-corrected chi connectivity index (χ3v) is 5.02. The summed E-state index contributed by atoms with van der Waals surface area (Å²) in [5.41, 5.74) is 1.25. The number of piperidine rings is 2. The van der Waals surface area contributed by atoms with E-state index in [9.17, 15) is 4.39 Å². The summed E-state index contributed by atoms with van der Waals surface area (Å²) >= 11 is 0. The van der Waals surface area contributed by atoms with E-state index in [1.807, 2.05) is 6.07 Å². The van der Waals surface area contributed by atoms with Crippen molar-refractivity contribution in [3.05, 3.63) is 35.1 Å². The summed E-state index contributed by atoms with van der Waals surface area (Å²) in [7, 11) is 2.25. The summed E-state index contributed by atoms with van der Waals surface area (Å²) in [6, 6.07) is 8.47. The summed E-state index contributed by atoms with van der Waals surface area (Å²) in [5, 5.41) is 12.5. The van der Waals surface area contributed by atoms with Gasteiger partial charge in [-0.15, -0.1) is 0 Å². The van der Waals surface area contributed by atoms with Gasteiger partial charge in [0.15, 0.2) is 0 Å². The van der Waals surface area contributed by atoms with Crippen LogP contribution in [0.5, 0.6) is 0 Å². The first-order valence-corrected chi connectivity index (χ1v) is 7.80. The Balaban J connectivity index is 1.61. The molecule has 21 heavy (non-hydrogen) atoms. The molecule has 2 bridgehead atoms. The molecule has 2 fully saturated rings. The highest BCUT2D eigenvalue weighted by atomic mass is 19.1. The largest absolute Gasteiger partial charge is 0.310 e. The van der Waals surface area contributed by atoms with Crippen molar-refractivity contribution >= 4 is 0 Å². The first kappa shape index (κ1) is 14.5. The van der Waals surface area contributed by atoms with Gasteiger partial charge in [-0.2, -0.15) is 5.26 Å². The molecule has 0 amide bonds. The van der Waals surface area contributed by atoms with Crippen molar-refractivity contribution in [3.63, 3.8) is 0 Å². The summed E-state index contributed by atoms with van der Waals surface area (Å²) in [5.74, 6) is -0.328. The number of benzene rings is 1. The molecular formula is C17H22FN3. The van der Waals surface area contributed by atoms with E-state index in [0.29, 0.717) is 30.2 Å². The highest BCUT2D eigenvalue weighted by Gasteiger charge is 2.35. The van der Waals surface area contributed by atoms with Gasteiger partial charge in [0, 0.05) is 24.7 Å². The maximum absolute atomic E-state index is 13.4. The lowest BCUT2D eigenvalue weighted by Gasteiger charge is -2.47. The molecule has 3 rings (SSSR count). The summed E-state index contributed by atoms with van der Waals surface area (Å²) in [4.78, 5) is 2.54. The van der Waals surface area contributed by atoms with Crippen LogP contribution in [0, 0.1) is 17.1 Å². The number of rotatable bonds is 3. The van der Waals surface area contributed by atoms with Crippen LogP contribution in [0.1, 0.15) is 43.2 Å². The zero-order chi connectivity index (χ0) is 14.8. The van der Waals surface area contributed by atoms with Crippen LogP contribution in [0.2, 0.25) is 0 Å². The molecule has 112 valence electrons. The van der Waals surface area contributed by atoms with Crippen LogP contribution in [0.4, 0.5) is 4.39 Å². The Bertz CT molecular complexity index is 537. The van der Waals surface area contributed by atoms with Crippen LogP contribution in [0.3, 0.4) is 0 Å². The Morgan fingerprint density at radius 2 is 2.00 bits per heavy atom. The number of nitrogens with zero attached hydrogens (tertiary/aromatic N) is 2. The minimum absolute atomic E-state index is 0.328. The maximum Gasteiger partial charge on any atom is 0.124 e. The first-order valence-electron chi connectivity index (χ1n) is 7.80. The van der Waals surface area contributed by atoms with E-state index < -0.39 is 0 Å². The maximum atomic E-state index is 13.4. The van der Waals surface area contributed by atoms with Gasteiger partial charge in [-0.3, -0.25) is 0 Å². The molecule has 0 radical (unpaired) electrons. The van der Waals surface area contributed by atoms with Crippen LogP contribution in [0.15, 0.2) is 18.2 Å². The lowest BCUT2D eigenvalue weighted by molar-refractivity contribution is 0.0482. The third-order valence-electron chi connectivity index (χ3n) is 5.02. The van der Waals surface area contributed by atoms with Crippen LogP contribution in [0.25, 0.3) is 0 Å². The zero-order valence-corrected chi connectivity index (χ0v) is 12.5. The fraction of sp³-hybridized carbons (Fsp3) is 0.588. The van der Waals surface area contributed by atoms with Gasteiger partial charge >= 0.3 is 0 Å². The molecule has 0 aromatic heterocycles. The van der Waals surface area contributed by atoms with Crippen molar-refractivity contribution in [2.45, 2.75) is 56.8 Å². The lowest BCUT2D eigenvalue weighted by atomic mass is 9.82. The predicted octanol–water partition coefficient (Wildman–Crippen LogP) is 2.80. The normalized spacial score (nSPS) is 29.1. The van der Waals surface area contributed by atoms with E-state index >= 15 is 0 Å². The Kier molecular flexibility index (Phi) is 4.23. The molecule has 2 unspecified atom stereocenters. The molecule has 2 aliphatic heterocycles. The van der Waals surface area contributed by atoms with Gasteiger partial charge in [0.2, 0.25) is 0 Å². The number of fused-ring (bicyclic) bond motifs is 2. The predicted molar refractivity (Wildman–Crippen MR) is 80.2 cm³/mol. The smallest absolute Gasteiger partial charge is 0.124 e. The molecule has 1 N–H and O–H groups in total. The van der Waals surface area contributed by atoms with Gasteiger partial charge in [0.05, 0.1) is 11.6 Å². The van der Waals surface area contributed by atoms with Gasteiger partial charge in [-0.05, 0) is 56.5 Å². The molecule has 2 heterocycles. The molecule has 2 saturated heterocycles. The lowest BCUT2D eigenvalue weighted by Crippen LogP contribution is -2.54. The van der Waals surface area contributed by atoms with Gasteiger partial charge in [-0.1, -0.05) is 6.42 Å². The number of nitrogens with one attached hydrogen (secondary N) is 1. The van der Waals surface area contributed by atoms with Gasteiger partial charge < -0.3 is 10.2 Å². The SMILES string of the molecule is CN1C2CCCC1CC(NCc1cc(F)cc(C#N)c1)C2. The number of hydrogen-bond donors (Lipinski definition) is 1. The summed E-state index contributed by atoms with van der Waals surface area (Å²) in [6.45, 7) is 0.639. The average molecular weight is 287 g/mol.